The van der Waals surface area contributed by atoms with Crippen molar-refractivity contribution in [2.24, 2.45) is 0 Å². The molecule has 1 aliphatic carbocycles. The van der Waals surface area contributed by atoms with Gasteiger partial charge in [0.1, 0.15) is 0 Å². The SMILES string of the molecule is CC(C)N(CC(F)(F)F)C1Cc2ccccc2C1O. The fourth-order valence-corrected chi connectivity index (χ4v) is 2.74. The third-order valence-corrected chi connectivity index (χ3v) is 3.62. The van der Waals surface area contributed by atoms with Gasteiger partial charge in [0, 0.05) is 12.1 Å². The lowest BCUT2D eigenvalue weighted by molar-refractivity contribution is -0.159. The van der Waals surface area contributed by atoms with Gasteiger partial charge >= 0.3 is 6.18 Å². The molecule has 2 atom stereocenters. The molecule has 0 fully saturated rings. The van der Waals surface area contributed by atoms with Gasteiger partial charge in [0.05, 0.1) is 12.6 Å². The lowest BCUT2D eigenvalue weighted by Crippen LogP contribution is -2.47. The Morgan fingerprint density at radius 3 is 2.47 bits per heavy atom. The molecular weight excluding hydrogens is 255 g/mol. The highest BCUT2D eigenvalue weighted by atomic mass is 19.4. The topological polar surface area (TPSA) is 23.5 Å². The molecule has 0 saturated carbocycles. The lowest BCUT2D eigenvalue weighted by Gasteiger charge is -2.35. The molecule has 0 saturated heterocycles. The molecule has 5 heteroatoms. The summed E-state index contributed by atoms with van der Waals surface area (Å²) in [5, 5.41) is 10.2. The van der Waals surface area contributed by atoms with Gasteiger partial charge in [-0.3, -0.25) is 4.90 Å². The number of rotatable bonds is 3. The van der Waals surface area contributed by atoms with E-state index in [4.69, 9.17) is 0 Å². The second-order valence-corrected chi connectivity index (χ2v) is 5.30. The first kappa shape index (κ1) is 14.3. The van der Waals surface area contributed by atoms with Gasteiger partial charge < -0.3 is 5.11 Å². The Bertz CT molecular complexity index is 445. The summed E-state index contributed by atoms with van der Waals surface area (Å²) in [6.45, 7) is 2.46. The van der Waals surface area contributed by atoms with Crippen LogP contribution in [0.15, 0.2) is 24.3 Å². The van der Waals surface area contributed by atoms with E-state index >= 15 is 0 Å². The summed E-state index contributed by atoms with van der Waals surface area (Å²) in [5.41, 5.74) is 1.69. The van der Waals surface area contributed by atoms with Crippen LogP contribution in [0, 0.1) is 0 Å². The fourth-order valence-electron chi connectivity index (χ4n) is 2.74. The van der Waals surface area contributed by atoms with Crippen molar-refractivity contribution in [2.45, 2.75) is 44.6 Å². The number of halogens is 3. The number of nitrogens with zero attached hydrogens (tertiary/aromatic N) is 1. The second-order valence-electron chi connectivity index (χ2n) is 5.30. The Morgan fingerprint density at radius 2 is 1.95 bits per heavy atom. The standard InChI is InChI=1S/C14H18F3NO/c1-9(2)18(8-14(15,16)17)12-7-10-5-3-4-6-11(10)13(12)19/h3-6,9,12-13,19H,7-8H2,1-2H3. The Morgan fingerprint density at radius 1 is 1.32 bits per heavy atom. The van der Waals surface area contributed by atoms with Crippen LogP contribution in [-0.2, 0) is 6.42 Å². The Balaban J connectivity index is 2.22. The van der Waals surface area contributed by atoms with Crippen molar-refractivity contribution in [1.29, 1.82) is 0 Å². The van der Waals surface area contributed by atoms with Crippen molar-refractivity contribution in [3.05, 3.63) is 35.4 Å². The van der Waals surface area contributed by atoms with Crippen LogP contribution in [0.5, 0.6) is 0 Å². The monoisotopic (exact) mass is 273 g/mol. The van der Waals surface area contributed by atoms with Gasteiger partial charge in [-0.25, -0.2) is 0 Å². The predicted octanol–water partition coefficient (Wildman–Crippen LogP) is 2.92. The summed E-state index contributed by atoms with van der Waals surface area (Å²) < 4.78 is 38.0. The molecule has 1 N–H and O–H groups in total. The quantitative estimate of drug-likeness (QED) is 0.915. The Kier molecular flexibility index (Phi) is 3.87. The van der Waals surface area contributed by atoms with E-state index in [-0.39, 0.29) is 6.04 Å². The van der Waals surface area contributed by atoms with E-state index in [2.05, 4.69) is 0 Å². The minimum absolute atomic E-state index is 0.268. The molecule has 1 aromatic carbocycles. The van der Waals surface area contributed by atoms with Gasteiger partial charge in [0.2, 0.25) is 0 Å². The Labute approximate surface area is 110 Å². The van der Waals surface area contributed by atoms with Crippen molar-refractivity contribution in [1.82, 2.24) is 4.90 Å². The number of hydrogen-bond donors (Lipinski definition) is 1. The van der Waals surface area contributed by atoms with Crippen molar-refractivity contribution in [3.8, 4) is 0 Å². The van der Waals surface area contributed by atoms with Crippen LogP contribution in [0.2, 0.25) is 0 Å². The van der Waals surface area contributed by atoms with Crippen molar-refractivity contribution < 1.29 is 18.3 Å². The van der Waals surface area contributed by atoms with Crippen LogP contribution >= 0.6 is 0 Å². The van der Waals surface area contributed by atoms with E-state index in [1.54, 1.807) is 26.0 Å². The number of aliphatic hydroxyl groups is 1. The van der Waals surface area contributed by atoms with Crippen LogP contribution < -0.4 is 0 Å². The van der Waals surface area contributed by atoms with Crippen molar-refractivity contribution in [3.63, 3.8) is 0 Å². The number of hydrogen-bond acceptors (Lipinski definition) is 2. The van der Waals surface area contributed by atoms with Gasteiger partial charge in [-0.2, -0.15) is 13.2 Å². The van der Waals surface area contributed by atoms with Crippen molar-refractivity contribution >= 4 is 0 Å². The van der Waals surface area contributed by atoms with Gasteiger partial charge in [-0.1, -0.05) is 24.3 Å². The minimum atomic E-state index is -4.25. The van der Waals surface area contributed by atoms with E-state index in [0.29, 0.717) is 6.42 Å². The number of aliphatic hydroxyl groups excluding tert-OH is 1. The zero-order valence-electron chi connectivity index (χ0n) is 11.0. The first-order valence-electron chi connectivity index (χ1n) is 6.38. The summed E-state index contributed by atoms with van der Waals surface area (Å²) in [5.74, 6) is 0. The average Bonchev–Trinajstić information content (AvgIpc) is 2.63. The maximum atomic E-state index is 12.7. The highest BCUT2D eigenvalue weighted by Gasteiger charge is 2.41. The molecule has 19 heavy (non-hydrogen) atoms. The number of fused-ring (bicyclic) bond motifs is 1. The molecular formula is C14H18F3NO. The predicted molar refractivity (Wildman–Crippen MR) is 66.8 cm³/mol. The summed E-state index contributed by atoms with van der Waals surface area (Å²) in [6, 6.07) is 6.52. The van der Waals surface area contributed by atoms with Crippen molar-refractivity contribution in [2.75, 3.05) is 6.54 Å². The molecule has 2 rings (SSSR count). The zero-order chi connectivity index (χ0) is 14.2. The van der Waals surface area contributed by atoms with Crippen LogP contribution in [-0.4, -0.2) is 34.8 Å². The first-order chi connectivity index (χ1) is 8.79. The molecule has 0 amide bonds. The molecule has 0 aromatic heterocycles. The van der Waals surface area contributed by atoms with Crippen LogP contribution in [0.4, 0.5) is 13.2 Å². The maximum Gasteiger partial charge on any atom is 0.401 e. The summed E-state index contributed by atoms with van der Waals surface area (Å²) in [4.78, 5) is 1.34. The zero-order valence-corrected chi connectivity index (χ0v) is 11.0. The van der Waals surface area contributed by atoms with E-state index < -0.39 is 24.9 Å². The Hall–Kier alpha value is -1.07. The van der Waals surface area contributed by atoms with Gasteiger partial charge in [-0.05, 0) is 31.4 Å². The lowest BCUT2D eigenvalue weighted by atomic mass is 10.1. The van der Waals surface area contributed by atoms with E-state index in [1.807, 2.05) is 12.1 Å². The van der Waals surface area contributed by atoms with E-state index in [9.17, 15) is 18.3 Å². The normalized spacial score (nSPS) is 23.2. The first-order valence-corrected chi connectivity index (χ1v) is 6.38. The molecule has 0 heterocycles. The highest BCUT2D eigenvalue weighted by molar-refractivity contribution is 5.36. The third-order valence-electron chi connectivity index (χ3n) is 3.62. The van der Waals surface area contributed by atoms with Crippen LogP contribution in [0.25, 0.3) is 0 Å². The summed E-state index contributed by atoms with van der Waals surface area (Å²) >= 11 is 0. The maximum absolute atomic E-state index is 12.7. The highest BCUT2D eigenvalue weighted by Crippen LogP contribution is 2.36. The molecule has 1 aromatic rings. The van der Waals surface area contributed by atoms with Gasteiger partial charge in [0.15, 0.2) is 0 Å². The average molecular weight is 273 g/mol. The van der Waals surface area contributed by atoms with Gasteiger partial charge in [-0.15, -0.1) is 0 Å². The van der Waals surface area contributed by atoms with Crippen LogP contribution in [0.3, 0.4) is 0 Å². The second kappa shape index (κ2) is 5.13. The number of alkyl halides is 3. The molecule has 106 valence electrons. The van der Waals surface area contributed by atoms with E-state index in [1.165, 1.54) is 4.90 Å². The molecule has 0 bridgehead atoms. The largest absolute Gasteiger partial charge is 0.401 e. The fraction of sp³-hybridized carbons (Fsp3) is 0.571. The van der Waals surface area contributed by atoms with Crippen LogP contribution in [0.1, 0.15) is 31.1 Å². The molecule has 0 spiro atoms. The molecule has 0 radical (unpaired) electrons. The smallest absolute Gasteiger partial charge is 0.387 e. The molecule has 2 unspecified atom stereocenters. The molecule has 1 aliphatic rings. The van der Waals surface area contributed by atoms with E-state index in [0.717, 1.165) is 11.1 Å². The third kappa shape index (κ3) is 3.09. The number of benzene rings is 1. The summed E-state index contributed by atoms with van der Waals surface area (Å²) in [6.07, 6.45) is -4.63. The summed E-state index contributed by atoms with van der Waals surface area (Å²) in [7, 11) is 0. The minimum Gasteiger partial charge on any atom is -0.387 e. The molecule has 2 nitrogen and oxygen atoms in total. The molecule has 0 aliphatic heterocycles. The van der Waals surface area contributed by atoms with Gasteiger partial charge in [0.25, 0.3) is 0 Å².